The van der Waals surface area contributed by atoms with Crippen molar-refractivity contribution in [2.24, 2.45) is 0 Å². The third-order valence-corrected chi connectivity index (χ3v) is 3.92. The van der Waals surface area contributed by atoms with Gasteiger partial charge in [-0.25, -0.2) is 4.98 Å². The molecule has 5 nitrogen and oxygen atoms in total. The molecule has 0 amide bonds. The maximum Gasteiger partial charge on any atom is 0.142 e. The van der Waals surface area contributed by atoms with Gasteiger partial charge in [-0.3, -0.25) is 0 Å². The minimum Gasteiger partial charge on any atom is -0.497 e. The fourth-order valence-corrected chi connectivity index (χ4v) is 2.67. The Bertz CT molecular complexity index is 799. The van der Waals surface area contributed by atoms with Gasteiger partial charge in [-0.05, 0) is 17.7 Å². The monoisotopic (exact) mass is 324 g/mol. The predicted molar refractivity (Wildman–Crippen MR) is 91.4 cm³/mol. The van der Waals surface area contributed by atoms with E-state index in [1.165, 1.54) is 0 Å². The lowest BCUT2D eigenvalue weighted by Gasteiger charge is -2.17. The van der Waals surface area contributed by atoms with Crippen molar-refractivity contribution in [2.45, 2.75) is 12.6 Å². The van der Waals surface area contributed by atoms with Gasteiger partial charge in [0.05, 0.1) is 14.2 Å². The molecular weight excluding hydrogens is 304 g/mol. The average molecular weight is 324 g/mol. The minimum absolute atomic E-state index is 0.566. The third kappa shape index (κ3) is 3.26. The fraction of sp³-hybridized carbons (Fsp3) is 0.211. The zero-order valence-electron chi connectivity index (χ0n) is 13.7. The maximum atomic E-state index is 10.8. The number of hydrogen-bond donors (Lipinski definition) is 1. The van der Waals surface area contributed by atoms with E-state index >= 15 is 0 Å². The van der Waals surface area contributed by atoms with Gasteiger partial charge in [-0.2, -0.15) is 0 Å². The lowest BCUT2D eigenvalue weighted by Crippen LogP contribution is -2.11. The van der Waals surface area contributed by atoms with E-state index in [-0.39, 0.29) is 0 Å². The summed E-state index contributed by atoms with van der Waals surface area (Å²) in [6.45, 7) is 0.645. The molecule has 124 valence electrons. The summed E-state index contributed by atoms with van der Waals surface area (Å²) in [6, 6.07) is 15.4. The van der Waals surface area contributed by atoms with Gasteiger partial charge in [0.1, 0.15) is 23.4 Å². The van der Waals surface area contributed by atoms with Crippen molar-refractivity contribution >= 4 is 0 Å². The second kappa shape index (κ2) is 7.19. The summed E-state index contributed by atoms with van der Waals surface area (Å²) >= 11 is 0. The zero-order chi connectivity index (χ0) is 16.9. The number of methoxy groups -OCH3 is 2. The zero-order valence-corrected chi connectivity index (χ0v) is 13.7. The Kier molecular flexibility index (Phi) is 4.82. The highest BCUT2D eigenvalue weighted by molar-refractivity contribution is 5.43. The minimum atomic E-state index is -0.885. The highest BCUT2D eigenvalue weighted by atomic mass is 16.5. The largest absolute Gasteiger partial charge is 0.497 e. The first kappa shape index (κ1) is 16.1. The second-order valence-electron chi connectivity index (χ2n) is 5.41. The number of rotatable bonds is 6. The SMILES string of the molecule is COc1ccc([C@@H](O)c2nccn2Cc2ccccc2)c(OC)c1. The van der Waals surface area contributed by atoms with E-state index < -0.39 is 6.10 Å². The number of hydrogen-bond acceptors (Lipinski definition) is 4. The quantitative estimate of drug-likeness (QED) is 0.757. The van der Waals surface area contributed by atoms with Crippen LogP contribution in [0.3, 0.4) is 0 Å². The van der Waals surface area contributed by atoms with Crippen LogP contribution < -0.4 is 9.47 Å². The van der Waals surface area contributed by atoms with Crippen LogP contribution in [0, 0.1) is 0 Å². The predicted octanol–water partition coefficient (Wildman–Crippen LogP) is 3.03. The molecular formula is C19H20N2O3. The number of ether oxygens (including phenoxy) is 2. The number of aliphatic hydroxyl groups is 1. The van der Waals surface area contributed by atoms with Gasteiger partial charge < -0.3 is 19.1 Å². The Balaban J connectivity index is 1.91. The van der Waals surface area contributed by atoms with Crippen molar-refractivity contribution in [3.05, 3.63) is 77.9 Å². The standard InChI is InChI=1S/C19H20N2O3/c1-23-15-8-9-16(17(12-15)24-2)18(22)19-20-10-11-21(19)13-14-6-4-3-5-7-14/h3-12,18,22H,13H2,1-2H3/t18-/m1/s1. The topological polar surface area (TPSA) is 56.5 Å². The molecule has 5 heteroatoms. The summed E-state index contributed by atoms with van der Waals surface area (Å²) in [5, 5.41) is 10.8. The van der Waals surface area contributed by atoms with Crippen LogP contribution in [0.15, 0.2) is 60.9 Å². The first-order valence-corrected chi connectivity index (χ1v) is 7.68. The highest BCUT2D eigenvalue weighted by Gasteiger charge is 2.20. The molecule has 0 radical (unpaired) electrons. The van der Waals surface area contributed by atoms with E-state index in [2.05, 4.69) is 4.98 Å². The summed E-state index contributed by atoms with van der Waals surface area (Å²) in [7, 11) is 3.17. The third-order valence-electron chi connectivity index (χ3n) is 3.92. The Morgan fingerprint density at radius 3 is 2.58 bits per heavy atom. The lowest BCUT2D eigenvalue weighted by molar-refractivity contribution is 0.200. The van der Waals surface area contributed by atoms with Gasteiger partial charge in [0, 0.05) is 30.6 Å². The summed E-state index contributed by atoms with van der Waals surface area (Å²) < 4.78 is 12.5. The molecule has 1 aromatic heterocycles. The average Bonchev–Trinajstić information content (AvgIpc) is 3.09. The molecule has 0 aliphatic heterocycles. The van der Waals surface area contributed by atoms with Crippen LogP contribution in [0.25, 0.3) is 0 Å². The molecule has 24 heavy (non-hydrogen) atoms. The van der Waals surface area contributed by atoms with Gasteiger partial charge in [0.25, 0.3) is 0 Å². The van der Waals surface area contributed by atoms with Gasteiger partial charge >= 0.3 is 0 Å². The second-order valence-corrected chi connectivity index (χ2v) is 5.41. The van der Waals surface area contributed by atoms with Crippen molar-refractivity contribution in [1.82, 2.24) is 9.55 Å². The van der Waals surface area contributed by atoms with Crippen molar-refractivity contribution in [3.63, 3.8) is 0 Å². The van der Waals surface area contributed by atoms with Crippen LogP contribution in [-0.4, -0.2) is 28.9 Å². The molecule has 0 saturated heterocycles. The van der Waals surface area contributed by atoms with E-state index in [9.17, 15) is 5.11 Å². The van der Waals surface area contributed by atoms with Gasteiger partial charge in [0.2, 0.25) is 0 Å². The van der Waals surface area contributed by atoms with Gasteiger partial charge in [-0.1, -0.05) is 30.3 Å². The normalized spacial score (nSPS) is 12.0. The first-order valence-electron chi connectivity index (χ1n) is 7.68. The lowest BCUT2D eigenvalue weighted by atomic mass is 10.1. The molecule has 0 bridgehead atoms. The van der Waals surface area contributed by atoms with E-state index in [0.29, 0.717) is 29.4 Å². The summed E-state index contributed by atoms with van der Waals surface area (Å²) in [6.07, 6.45) is 2.67. The molecule has 1 atom stereocenters. The van der Waals surface area contributed by atoms with Crippen molar-refractivity contribution in [1.29, 1.82) is 0 Å². The molecule has 3 rings (SSSR count). The molecule has 3 aromatic rings. The van der Waals surface area contributed by atoms with E-state index in [1.54, 1.807) is 38.6 Å². The van der Waals surface area contributed by atoms with Crippen LogP contribution in [0.2, 0.25) is 0 Å². The summed E-state index contributed by atoms with van der Waals surface area (Å²) in [5.74, 6) is 1.81. The number of imidazole rings is 1. The molecule has 0 aliphatic carbocycles. The number of aliphatic hydroxyl groups excluding tert-OH is 1. The van der Waals surface area contributed by atoms with Crippen LogP contribution in [0.5, 0.6) is 11.5 Å². The van der Waals surface area contributed by atoms with Crippen LogP contribution in [-0.2, 0) is 6.54 Å². The Morgan fingerprint density at radius 2 is 1.88 bits per heavy atom. The van der Waals surface area contributed by atoms with Crippen molar-refractivity contribution < 1.29 is 14.6 Å². The Morgan fingerprint density at radius 1 is 1.08 bits per heavy atom. The molecule has 2 aromatic carbocycles. The molecule has 1 heterocycles. The Labute approximate surface area is 141 Å². The van der Waals surface area contributed by atoms with E-state index in [0.717, 1.165) is 5.56 Å². The number of nitrogens with zero attached hydrogens (tertiary/aromatic N) is 2. The van der Waals surface area contributed by atoms with Crippen molar-refractivity contribution in [3.8, 4) is 11.5 Å². The first-order chi connectivity index (χ1) is 11.7. The van der Waals surface area contributed by atoms with Crippen LogP contribution in [0.1, 0.15) is 23.1 Å². The van der Waals surface area contributed by atoms with Crippen molar-refractivity contribution in [2.75, 3.05) is 14.2 Å². The van der Waals surface area contributed by atoms with E-state index in [1.807, 2.05) is 41.1 Å². The van der Waals surface area contributed by atoms with Gasteiger partial charge in [-0.15, -0.1) is 0 Å². The molecule has 0 fully saturated rings. The maximum absolute atomic E-state index is 10.8. The summed E-state index contributed by atoms with van der Waals surface area (Å²) in [4.78, 5) is 4.33. The van der Waals surface area contributed by atoms with Crippen LogP contribution in [0.4, 0.5) is 0 Å². The fourth-order valence-electron chi connectivity index (χ4n) is 2.67. The van der Waals surface area contributed by atoms with Gasteiger partial charge in [0.15, 0.2) is 0 Å². The number of aromatic nitrogens is 2. The summed E-state index contributed by atoms with van der Waals surface area (Å²) in [5.41, 5.74) is 1.80. The van der Waals surface area contributed by atoms with E-state index in [4.69, 9.17) is 9.47 Å². The number of benzene rings is 2. The molecule has 0 saturated carbocycles. The highest BCUT2D eigenvalue weighted by Crippen LogP contribution is 2.32. The Hall–Kier alpha value is -2.79. The molecule has 0 spiro atoms. The van der Waals surface area contributed by atoms with Crippen LogP contribution >= 0.6 is 0 Å². The smallest absolute Gasteiger partial charge is 0.142 e. The molecule has 0 aliphatic rings. The molecule has 1 N–H and O–H groups in total. The molecule has 0 unspecified atom stereocenters.